The molecule has 0 heterocycles. The van der Waals surface area contributed by atoms with Crippen LogP contribution in [0.15, 0.2) is 30.3 Å². The smallest absolute Gasteiger partial charge is 0.0720 e. The fourth-order valence-corrected chi connectivity index (χ4v) is 1.84. The van der Waals surface area contributed by atoms with Gasteiger partial charge in [0.1, 0.15) is 0 Å². The number of hydrogen-bond donors (Lipinski definition) is 2. The van der Waals surface area contributed by atoms with Gasteiger partial charge in [-0.2, -0.15) is 0 Å². The first-order valence-corrected chi connectivity index (χ1v) is 5.97. The van der Waals surface area contributed by atoms with Crippen LogP contribution in [0, 0.1) is 0 Å². The van der Waals surface area contributed by atoms with Crippen LogP contribution in [0.3, 0.4) is 0 Å². The van der Waals surface area contributed by atoms with E-state index in [2.05, 4.69) is 19.1 Å². The fraction of sp³-hybridized carbons (Fsp3) is 0.571. The molecular weight excluding hydrogens is 198 g/mol. The summed E-state index contributed by atoms with van der Waals surface area (Å²) in [6, 6.07) is 10.3. The van der Waals surface area contributed by atoms with Gasteiger partial charge in [0.15, 0.2) is 0 Å². The second-order valence-electron chi connectivity index (χ2n) is 5.09. The Morgan fingerprint density at radius 3 is 2.25 bits per heavy atom. The van der Waals surface area contributed by atoms with Gasteiger partial charge >= 0.3 is 0 Å². The summed E-state index contributed by atoms with van der Waals surface area (Å²) in [5.74, 6) is 0.388. The topological polar surface area (TPSA) is 46.2 Å². The van der Waals surface area contributed by atoms with Gasteiger partial charge in [0.05, 0.1) is 6.10 Å². The normalized spacial score (nSPS) is 15.8. The average molecular weight is 221 g/mol. The summed E-state index contributed by atoms with van der Waals surface area (Å²) in [4.78, 5) is 0. The predicted molar refractivity (Wildman–Crippen MR) is 68.4 cm³/mol. The molecule has 1 aromatic rings. The first kappa shape index (κ1) is 13.2. The third-order valence-electron chi connectivity index (χ3n) is 3.13. The Labute approximate surface area is 98.5 Å². The Morgan fingerprint density at radius 1 is 1.25 bits per heavy atom. The van der Waals surface area contributed by atoms with Crippen molar-refractivity contribution in [3.63, 3.8) is 0 Å². The summed E-state index contributed by atoms with van der Waals surface area (Å²) in [7, 11) is 0. The average Bonchev–Trinajstić information content (AvgIpc) is 2.25. The quantitative estimate of drug-likeness (QED) is 0.803. The first-order valence-electron chi connectivity index (χ1n) is 5.97. The zero-order valence-corrected chi connectivity index (χ0v) is 10.5. The molecule has 0 aliphatic carbocycles. The van der Waals surface area contributed by atoms with Crippen LogP contribution >= 0.6 is 0 Å². The van der Waals surface area contributed by atoms with Crippen LogP contribution in [0.25, 0.3) is 0 Å². The van der Waals surface area contributed by atoms with E-state index in [-0.39, 0.29) is 0 Å². The minimum Gasteiger partial charge on any atom is -0.391 e. The van der Waals surface area contributed by atoms with Crippen molar-refractivity contribution in [2.24, 2.45) is 5.73 Å². The number of aliphatic hydroxyl groups is 1. The molecule has 90 valence electrons. The van der Waals surface area contributed by atoms with Crippen molar-refractivity contribution in [3.8, 4) is 0 Å². The lowest BCUT2D eigenvalue weighted by atomic mass is 9.85. The lowest BCUT2D eigenvalue weighted by Crippen LogP contribution is -2.45. The van der Waals surface area contributed by atoms with E-state index in [4.69, 9.17) is 5.73 Å². The lowest BCUT2D eigenvalue weighted by Gasteiger charge is -2.29. The monoisotopic (exact) mass is 221 g/mol. The van der Waals surface area contributed by atoms with Crippen LogP contribution in [-0.2, 0) is 0 Å². The van der Waals surface area contributed by atoms with E-state index in [1.54, 1.807) is 0 Å². The molecule has 1 rings (SSSR count). The first-order chi connectivity index (χ1) is 7.45. The van der Waals surface area contributed by atoms with Gasteiger partial charge in [-0.05, 0) is 38.2 Å². The van der Waals surface area contributed by atoms with Crippen molar-refractivity contribution in [1.82, 2.24) is 0 Å². The molecular formula is C14H23NO. The Bertz CT molecular complexity index is 302. The lowest BCUT2D eigenvalue weighted by molar-refractivity contribution is 0.0874. The molecule has 1 aromatic carbocycles. The SMILES string of the molecule is CCC(CC(O)C(C)(C)N)c1ccccc1. The highest BCUT2D eigenvalue weighted by atomic mass is 16.3. The van der Waals surface area contributed by atoms with Crippen molar-refractivity contribution in [2.75, 3.05) is 0 Å². The minimum absolute atomic E-state index is 0.388. The third kappa shape index (κ3) is 3.62. The van der Waals surface area contributed by atoms with E-state index in [0.717, 1.165) is 12.8 Å². The molecule has 0 aromatic heterocycles. The summed E-state index contributed by atoms with van der Waals surface area (Å²) in [5, 5.41) is 10.0. The molecule has 0 radical (unpaired) electrons. The zero-order chi connectivity index (χ0) is 12.2. The summed E-state index contributed by atoms with van der Waals surface area (Å²) in [5.41, 5.74) is 6.67. The van der Waals surface area contributed by atoms with Gasteiger partial charge in [-0.15, -0.1) is 0 Å². The Hall–Kier alpha value is -0.860. The van der Waals surface area contributed by atoms with Crippen molar-refractivity contribution in [1.29, 1.82) is 0 Å². The molecule has 2 nitrogen and oxygen atoms in total. The molecule has 0 amide bonds. The van der Waals surface area contributed by atoms with E-state index in [1.165, 1.54) is 5.56 Å². The zero-order valence-electron chi connectivity index (χ0n) is 10.5. The molecule has 16 heavy (non-hydrogen) atoms. The van der Waals surface area contributed by atoms with Crippen molar-refractivity contribution < 1.29 is 5.11 Å². The molecule has 2 atom stereocenters. The van der Waals surface area contributed by atoms with E-state index >= 15 is 0 Å². The van der Waals surface area contributed by atoms with E-state index in [9.17, 15) is 5.11 Å². The fourth-order valence-electron chi connectivity index (χ4n) is 1.84. The van der Waals surface area contributed by atoms with E-state index in [0.29, 0.717) is 5.92 Å². The summed E-state index contributed by atoms with van der Waals surface area (Å²) in [6.45, 7) is 5.89. The van der Waals surface area contributed by atoms with E-state index < -0.39 is 11.6 Å². The third-order valence-corrected chi connectivity index (χ3v) is 3.13. The second kappa shape index (κ2) is 5.46. The van der Waals surface area contributed by atoms with Gasteiger partial charge < -0.3 is 10.8 Å². The number of rotatable bonds is 5. The Balaban J connectivity index is 2.70. The van der Waals surface area contributed by atoms with Crippen LogP contribution in [0.2, 0.25) is 0 Å². The Morgan fingerprint density at radius 2 is 1.81 bits per heavy atom. The van der Waals surface area contributed by atoms with Crippen LogP contribution in [0.1, 0.15) is 45.1 Å². The van der Waals surface area contributed by atoms with Crippen molar-refractivity contribution >= 4 is 0 Å². The van der Waals surface area contributed by atoms with Gasteiger partial charge in [0.2, 0.25) is 0 Å². The van der Waals surface area contributed by atoms with Gasteiger partial charge in [-0.3, -0.25) is 0 Å². The highest BCUT2D eigenvalue weighted by Crippen LogP contribution is 2.27. The molecule has 2 unspecified atom stereocenters. The number of benzene rings is 1. The van der Waals surface area contributed by atoms with Crippen LogP contribution < -0.4 is 5.73 Å². The van der Waals surface area contributed by atoms with Crippen molar-refractivity contribution in [3.05, 3.63) is 35.9 Å². The van der Waals surface area contributed by atoms with Crippen LogP contribution in [0.4, 0.5) is 0 Å². The maximum absolute atomic E-state index is 10.0. The maximum Gasteiger partial charge on any atom is 0.0720 e. The van der Waals surface area contributed by atoms with Gasteiger partial charge in [0, 0.05) is 5.54 Å². The summed E-state index contributed by atoms with van der Waals surface area (Å²) in [6.07, 6.45) is 1.29. The molecule has 2 heteroatoms. The molecule has 0 aliphatic rings. The summed E-state index contributed by atoms with van der Waals surface area (Å²) >= 11 is 0. The largest absolute Gasteiger partial charge is 0.391 e. The van der Waals surface area contributed by atoms with Gasteiger partial charge in [-0.25, -0.2) is 0 Å². The predicted octanol–water partition coefficient (Wildman–Crippen LogP) is 2.67. The standard InChI is InChI=1S/C14H23NO/c1-4-11(10-13(16)14(2,3)15)12-8-6-5-7-9-12/h5-9,11,13,16H,4,10,15H2,1-3H3. The highest BCUT2D eigenvalue weighted by Gasteiger charge is 2.25. The highest BCUT2D eigenvalue weighted by molar-refractivity contribution is 5.19. The second-order valence-corrected chi connectivity index (χ2v) is 5.09. The van der Waals surface area contributed by atoms with Crippen molar-refractivity contribution in [2.45, 2.75) is 51.2 Å². The molecule has 0 bridgehead atoms. The maximum atomic E-state index is 10.0. The molecule has 0 saturated heterocycles. The van der Waals surface area contributed by atoms with Gasteiger partial charge in [0.25, 0.3) is 0 Å². The molecule has 0 fully saturated rings. The molecule has 0 saturated carbocycles. The number of hydrogen-bond acceptors (Lipinski definition) is 2. The Kier molecular flexibility index (Phi) is 4.51. The number of aliphatic hydroxyl groups excluding tert-OH is 1. The number of nitrogens with two attached hydrogens (primary N) is 1. The summed E-state index contributed by atoms with van der Waals surface area (Å²) < 4.78 is 0. The van der Waals surface area contributed by atoms with E-state index in [1.807, 2.05) is 32.0 Å². The van der Waals surface area contributed by atoms with Gasteiger partial charge in [-0.1, -0.05) is 37.3 Å². The molecule has 0 aliphatic heterocycles. The minimum atomic E-state index is -0.526. The molecule has 0 spiro atoms. The molecule has 3 N–H and O–H groups in total. The van der Waals surface area contributed by atoms with Crippen LogP contribution in [0.5, 0.6) is 0 Å². The van der Waals surface area contributed by atoms with Crippen LogP contribution in [-0.4, -0.2) is 16.7 Å².